The van der Waals surface area contributed by atoms with E-state index in [0.717, 1.165) is 21.0 Å². The van der Waals surface area contributed by atoms with Crippen molar-refractivity contribution in [2.45, 2.75) is 26.0 Å². The van der Waals surface area contributed by atoms with Gasteiger partial charge >= 0.3 is 0 Å². The van der Waals surface area contributed by atoms with Crippen molar-refractivity contribution < 1.29 is 13.9 Å². The lowest BCUT2D eigenvalue weighted by molar-refractivity contribution is 0.0908. The number of hydrogen-bond acceptors (Lipinski definition) is 5. The molecule has 28 heavy (non-hydrogen) atoms. The molecule has 0 radical (unpaired) electrons. The van der Waals surface area contributed by atoms with E-state index in [4.69, 9.17) is 9.15 Å². The normalized spacial score (nSPS) is 12.0. The van der Waals surface area contributed by atoms with E-state index < -0.39 is 0 Å². The third-order valence-electron chi connectivity index (χ3n) is 4.29. The Labute approximate surface area is 167 Å². The number of fused-ring (bicyclic) bond motifs is 1. The maximum atomic E-state index is 12.6. The maximum absolute atomic E-state index is 12.6. The lowest BCUT2D eigenvalue weighted by Crippen LogP contribution is -2.34. The number of rotatable bonds is 7. The molecule has 0 bridgehead atoms. The van der Waals surface area contributed by atoms with Crippen molar-refractivity contribution in [1.82, 2.24) is 10.3 Å². The Balaban J connectivity index is 1.37. The second-order valence-electron chi connectivity index (χ2n) is 6.53. The summed E-state index contributed by atoms with van der Waals surface area (Å²) >= 11 is 1.65. The Morgan fingerprint density at radius 3 is 2.75 bits per heavy atom. The van der Waals surface area contributed by atoms with Gasteiger partial charge in [0.2, 0.25) is 0 Å². The molecule has 6 heteroatoms. The standard InChI is InChI=1S/C22H20N2O3S/c1-15(13-20-24-18-9-5-6-10-19(18)28-20)23-22(25)21-16(11-12-26-21)14-27-17-7-3-2-4-8-17/h2-12,15H,13-14H2,1H3,(H,23,25)/t15-/m1/s1. The van der Waals surface area contributed by atoms with Gasteiger partial charge in [0.25, 0.3) is 5.91 Å². The molecule has 0 unspecified atom stereocenters. The number of thiazole rings is 1. The predicted octanol–water partition coefficient (Wildman–Crippen LogP) is 4.83. The summed E-state index contributed by atoms with van der Waals surface area (Å²) in [5.74, 6) is 0.789. The summed E-state index contributed by atoms with van der Waals surface area (Å²) < 4.78 is 12.3. The monoisotopic (exact) mass is 392 g/mol. The number of hydrogen-bond donors (Lipinski definition) is 1. The molecule has 0 fully saturated rings. The van der Waals surface area contributed by atoms with Crippen LogP contribution in [0.5, 0.6) is 5.75 Å². The fourth-order valence-electron chi connectivity index (χ4n) is 2.94. The lowest BCUT2D eigenvalue weighted by atomic mass is 10.2. The van der Waals surface area contributed by atoms with Crippen LogP contribution < -0.4 is 10.1 Å². The molecule has 1 N–H and O–H groups in total. The zero-order valence-corrected chi connectivity index (χ0v) is 16.2. The smallest absolute Gasteiger partial charge is 0.287 e. The topological polar surface area (TPSA) is 64.4 Å². The number of aromatic nitrogens is 1. The van der Waals surface area contributed by atoms with Crippen molar-refractivity contribution >= 4 is 27.5 Å². The predicted molar refractivity (Wildman–Crippen MR) is 110 cm³/mol. The van der Waals surface area contributed by atoms with Crippen LogP contribution in [-0.4, -0.2) is 16.9 Å². The van der Waals surface area contributed by atoms with E-state index >= 15 is 0 Å². The number of carbonyl (C=O) groups is 1. The quantitative estimate of drug-likeness (QED) is 0.489. The second kappa shape index (κ2) is 8.27. The van der Waals surface area contributed by atoms with Gasteiger partial charge in [-0.15, -0.1) is 11.3 Å². The van der Waals surface area contributed by atoms with E-state index in [1.807, 2.05) is 55.5 Å². The number of furan rings is 1. The number of carbonyl (C=O) groups excluding carboxylic acids is 1. The molecule has 1 atom stereocenters. The van der Waals surface area contributed by atoms with Crippen LogP contribution in [0.1, 0.15) is 28.0 Å². The summed E-state index contributed by atoms with van der Waals surface area (Å²) in [6, 6.07) is 19.2. The molecule has 2 aromatic heterocycles. The first-order valence-electron chi connectivity index (χ1n) is 9.08. The average molecular weight is 392 g/mol. The van der Waals surface area contributed by atoms with Gasteiger partial charge in [-0.25, -0.2) is 4.98 Å². The van der Waals surface area contributed by atoms with E-state index in [2.05, 4.69) is 16.4 Å². The number of benzene rings is 2. The number of nitrogens with zero attached hydrogens (tertiary/aromatic N) is 1. The van der Waals surface area contributed by atoms with Crippen LogP contribution in [0.3, 0.4) is 0 Å². The van der Waals surface area contributed by atoms with Gasteiger partial charge in [0.05, 0.1) is 21.5 Å². The highest BCUT2D eigenvalue weighted by atomic mass is 32.1. The largest absolute Gasteiger partial charge is 0.489 e. The average Bonchev–Trinajstić information content (AvgIpc) is 3.33. The van der Waals surface area contributed by atoms with E-state index in [-0.39, 0.29) is 24.3 Å². The molecule has 4 aromatic rings. The first-order valence-corrected chi connectivity index (χ1v) is 9.90. The van der Waals surface area contributed by atoms with Crippen molar-refractivity contribution in [3.63, 3.8) is 0 Å². The highest BCUT2D eigenvalue weighted by Crippen LogP contribution is 2.22. The zero-order chi connectivity index (χ0) is 19.3. The van der Waals surface area contributed by atoms with E-state index in [1.54, 1.807) is 17.4 Å². The molecular formula is C22H20N2O3S. The summed E-state index contributed by atoms with van der Waals surface area (Å²) in [4.78, 5) is 17.3. The highest BCUT2D eigenvalue weighted by Gasteiger charge is 2.19. The fourth-order valence-corrected chi connectivity index (χ4v) is 4.03. The molecule has 1 amide bonds. The summed E-state index contributed by atoms with van der Waals surface area (Å²) in [5.41, 5.74) is 1.71. The molecule has 0 saturated carbocycles. The lowest BCUT2D eigenvalue weighted by Gasteiger charge is -2.12. The number of para-hydroxylation sites is 2. The third kappa shape index (κ3) is 4.23. The molecule has 2 heterocycles. The zero-order valence-electron chi connectivity index (χ0n) is 15.4. The van der Waals surface area contributed by atoms with Gasteiger partial charge in [-0.3, -0.25) is 4.79 Å². The molecule has 0 saturated heterocycles. The minimum Gasteiger partial charge on any atom is -0.489 e. The van der Waals surface area contributed by atoms with Crippen LogP contribution in [-0.2, 0) is 13.0 Å². The molecule has 0 aliphatic heterocycles. The van der Waals surface area contributed by atoms with Crippen molar-refractivity contribution in [2.24, 2.45) is 0 Å². The van der Waals surface area contributed by atoms with Gasteiger partial charge < -0.3 is 14.5 Å². The van der Waals surface area contributed by atoms with Crippen molar-refractivity contribution in [3.8, 4) is 5.75 Å². The van der Waals surface area contributed by atoms with E-state index in [9.17, 15) is 4.79 Å². The Kier molecular flexibility index (Phi) is 5.39. The van der Waals surface area contributed by atoms with Crippen molar-refractivity contribution in [2.75, 3.05) is 0 Å². The van der Waals surface area contributed by atoms with Crippen LogP contribution in [0.4, 0.5) is 0 Å². The fraction of sp³-hybridized carbons (Fsp3) is 0.182. The molecule has 2 aromatic carbocycles. The van der Waals surface area contributed by atoms with Crippen LogP contribution >= 0.6 is 11.3 Å². The van der Waals surface area contributed by atoms with Crippen LogP contribution in [0.2, 0.25) is 0 Å². The van der Waals surface area contributed by atoms with E-state index in [0.29, 0.717) is 12.0 Å². The molecule has 0 aliphatic carbocycles. The van der Waals surface area contributed by atoms with Crippen LogP contribution in [0.15, 0.2) is 71.3 Å². The first-order chi connectivity index (χ1) is 13.7. The Hall–Kier alpha value is -3.12. The van der Waals surface area contributed by atoms with Crippen molar-refractivity contribution in [3.05, 3.63) is 83.3 Å². The van der Waals surface area contributed by atoms with Gasteiger partial charge in [0, 0.05) is 18.0 Å². The Bertz CT molecular complexity index is 1040. The Morgan fingerprint density at radius 2 is 1.93 bits per heavy atom. The molecule has 0 aliphatic rings. The number of ether oxygens (including phenoxy) is 1. The molecule has 0 spiro atoms. The SMILES string of the molecule is C[C@H](Cc1nc2ccccc2s1)NC(=O)c1occc1COc1ccccc1. The molecular weight excluding hydrogens is 372 g/mol. The second-order valence-corrected chi connectivity index (χ2v) is 7.65. The molecule has 142 valence electrons. The summed E-state index contributed by atoms with van der Waals surface area (Å²) in [6.45, 7) is 2.24. The summed E-state index contributed by atoms with van der Waals surface area (Å²) in [7, 11) is 0. The Morgan fingerprint density at radius 1 is 1.14 bits per heavy atom. The van der Waals surface area contributed by atoms with Crippen molar-refractivity contribution in [1.29, 1.82) is 0 Å². The van der Waals surface area contributed by atoms with Gasteiger partial charge in [0.1, 0.15) is 12.4 Å². The minimum atomic E-state index is -0.245. The van der Waals surface area contributed by atoms with Crippen LogP contribution in [0, 0.1) is 0 Å². The van der Waals surface area contributed by atoms with Gasteiger partial charge in [-0.2, -0.15) is 0 Å². The maximum Gasteiger partial charge on any atom is 0.287 e. The number of amides is 1. The van der Waals surface area contributed by atoms with Gasteiger partial charge in [-0.05, 0) is 37.3 Å². The molecule has 4 rings (SSSR count). The van der Waals surface area contributed by atoms with E-state index in [1.165, 1.54) is 6.26 Å². The van der Waals surface area contributed by atoms with Crippen LogP contribution in [0.25, 0.3) is 10.2 Å². The summed E-state index contributed by atoms with van der Waals surface area (Å²) in [6.07, 6.45) is 2.18. The van der Waals surface area contributed by atoms with Gasteiger partial charge in [0.15, 0.2) is 5.76 Å². The first kappa shape index (κ1) is 18.3. The third-order valence-corrected chi connectivity index (χ3v) is 5.35. The molecule has 5 nitrogen and oxygen atoms in total. The highest BCUT2D eigenvalue weighted by molar-refractivity contribution is 7.18. The van der Waals surface area contributed by atoms with Gasteiger partial charge in [-0.1, -0.05) is 30.3 Å². The number of nitrogens with one attached hydrogen (secondary N) is 1. The minimum absolute atomic E-state index is 0.0685. The summed E-state index contributed by atoms with van der Waals surface area (Å²) in [5, 5.41) is 3.99.